The molecule has 1 aromatic heterocycles. The van der Waals surface area contributed by atoms with E-state index in [0.717, 1.165) is 12.8 Å². The Hall–Kier alpha value is -1.43. The van der Waals surface area contributed by atoms with E-state index in [4.69, 9.17) is 9.26 Å². The number of hydrogen-bond donors (Lipinski definition) is 0. The lowest BCUT2D eigenvalue weighted by Gasteiger charge is -2.22. The molecular formula is C13H23N3O3. The maximum Gasteiger partial charge on any atom is 0.251 e. The molecule has 0 aliphatic heterocycles. The quantitative estimate of drug-likeness (QED) is 0.719. The number of ether oxygens (including phenoxy) is 1. The highest BCUT2D eigenvalue weighted by atomic mass is 16.5. The first-order valence-corrected chi connectivity index (χ1v) is 6.84. The molecule has 1 heterocycles. The molecule has 0 aliphatic carbocycles. The van der Waals surface area contributed by atoms with Crippen molar-refractivity contribution in [2.45, 2.75) is 53.2 Å². The van der Waals surface area contributed by atoms with Gasteiger partial charge in [-0.15, -0.1) is 0 Å². The van der Waals surface area contributed by atoms with E-state index < -0.39 is 6.10 Å². The van der Waals surface area contributed by atoms with Gasteiger partial charge in [-0.25, -0.2) is 0 Å². The number of amides is 1. The van der Waals surface area contributed by atoms with Crippen molar-refractivity contribution < 1.29 is 14.1 Å². The van der Waals surface area contributed by atoms with Crippen molar-refractivity contribution in [1.82, 2.24) is 15.0 Å². The Kier molecular flexibility index (Phi) is 6.49. The second kappa shape index (κ2) is 7.89. The summed E-state index contributed by atoms with van der Waals surface area (Å²) in [7, 11) is 0. The predicted octanol–water partition coefficient (Wildman–Crippen LogP) is 1.80. The maximum atomic E-state index is 12.1. The van der Waals surface area contributed by atoms with E-state index in [0.29, 0.717) is 31.4 Å². The minimum absolute atomic E-state index is 0.0498. The van der Waals surface area contributed by atoms with E-state index in [9.17, 15) is 4.79 Å². The van der Waals surface area contributed by atoms with E-state index >= 15 is 0 Å². The molecule has 0 bridgehead atoms. The zero-order chi connectivity index (χ0) is 14.3. The Morgan fingerprint density at radius 1 is 1.42 bits per heavy atom. The van der Waals surface area contributed by atoms with Crippen LogP contribution in [0.25, 0.3) is 0 Å². The number of nitrogens with zero attached hydrogens (tertiary/aromatic N) is 3. The molecule has 0 saturated heterocycles. The highest BCUT2D eigenvalue weighted by Gasteiger charge is 2.21. The highest BCUT2D eigenvalue weighted by molar-refractivity contribution is 5.80. The number of aromatic nitrogens is 2. The first-order valence-electron chi connectivity index (χ1n) is 6.84. The Labute approximate surface area is 114 Å². The molecule has 0 saturated carbocycles. The molecule has 1 atom stereocenters. The fourth-order valence-corrected chi connectivity index (χ4v) is 1.76. The van der Waals surface area contributed by atoms with Crippen molar-refractivity contribution in [3.8, 4) is 0 Å². The van der Waals surface area contributed by atoms with Crippen LogP contribution in [0.3, 0.4) is 0 Å². The normalized spacial score (nSPS) is 12.4. The zero-order valence-corrected chi connectivity index (χ0v) is 12.2. The third-order valence-electron chi connectivity index (χ3n) is 2.76. The average Bonchev–Trinajstić information content (AvgIpc) is 2.83. The lowest BCUT2D eigenvalue weighted by atomic mass is 10.3. The van der Waals surface area contributed by atoms with Gasteiger partial charge in [-0.3, -0.25) is 4.79 Å². The predicted molar refractivity (Wildman–Crippen MR) is 70.5 cm³/mol. The van der Waals surface area contributed by atoms with Crippen LogP contribution in [-0.2, 0) is 22.5 Å². The number of hydrogen-bond acceptors (Lipinski definition) is 5. The summed E-state index contributed by atoms with van der Waals surface area (Å²) in [6.45, 7) is 9.07. The van der Waals surface area contributed by atoms with Gasteiger partial charge in [0.1, 0.15) is 6.10 Å². The number of carbonyl (C=O) groups is 1. The summed E-state index contributed by atoms with van der Waals surface area (Å²) in [6, 6.07) is 0. The number of aryl methyl sites for hydroxylation is 1. The standard InChI is InChI=1S/C13H23N3O3/c1-5-8-12-14-11(15-19-12)9-16(6-2)13(17)10(4)18-7-3/h10H,5-9H2,1-4H3/t10-/m0/s1. The molecule has 6 heteroatoms. The van der Waals surface area contributed by atoms with Crippen LogP contribution < -0.4 is 0 Å². The summed E-state index contributed by atoms with van der Waals surface area (Å²) in [5, 5.41) is 3.89. The van der Waals surface area contributed by atoms with Gasteiger partial charge in [0.15, 0.2) is 5.82 Å². The molecule has 0 radical (unpaired) electrons. The van der Waals surface area contributed by atoms with Crippen molar-refractivity contribution in [3.05, 3.63) is 11.7 Å². The van der Waals surface area contributed by atoms with Crippen molar-refractivity contribution in [3.63, 3.8) is 0 Å². The van der Waals surface area contributed by atoms with Crippen molar-refractivity contribution in [2.75, 3.05) is 13.2 Å². The Morgan fingerprint density at radius 2 is 2.16 bits per heavy atom. The number of likely N-dealkylation sites (N-methyl/N-ethyl adjacent to an activating group) is 1. The van der Waals surface area contributed by atoms with Gasteiger partial charge < -0.3 is 14.2 Å². The molecule has 0 spiro atoms. The first-order chi connectivity index (χ1) is 9.12. The summed E-state index contributed by atoms with van der Waals surface area (Å²) in [6.07, 6.45) is 1.29. The van der Waals surface area contributed by atoms with Crippen LogP contribution in [0, 0.1) is 0 Å². The Morgan fingerprint density at radius 3 is 2.74 bits per heavy atom. The van der Waals surface area contributed by atoms with Gasteiger partial charge in [0, 0.05) is 19.6 Å². The summed E-state index contributed by atoms with van der Waals surface area (Å²) < 4.78 is 10.4. The molecule has 6 nitrogen and oxygen atoms in total. The fraction of sp³-hybridized carbons (Fsp3) is 0.769. The topological polar surface area (TPSA) is 68.5 Å². The first kappa shape index (κ1) is 15.6. The summed E-state index contributed by atoms with van der Waals surface area (Å²) in [5.74, 6) is 1.12. The molecule has 0 N–H and O–H groups in total. The van der Waals surface area contributed by atoms with Crippen molar-refractivity contribution in [1.29, 1.82) is 0 Å². The van der Waals surface area contributed by atoms with Crippen LogP contribution in [0.5, 0.6) is 0 Å². The number of carbonyl (C=O) groups excluding carboxylic acids is 1. The molecule has 0 unspecified atom stereocenters. The van der Waals surface area contributed by atoms with Crippen molar-refractivity contribution in [2.24, 2.45) is 0 Å². The minimum Gasteiger partial charge on any atom is -0.369 e. The van der Waals surface area contributed by atoms with Gasteiger partial charge >= 0.3 is 0 Å². The van der Waals surface area contributed by atoms with E-state index in [1.165, 1.54) is 0 Å². The van der Waals surface area contributed by atoms with Gasteiger partial charge in [0.2, 0.25) is 5.89 Å². The molecule has 1 rings (SSSR count). The SMILES string of the molecule is CCCc1nc(CN(CC)C(=O)[C@H](C)OCC)no1. The van der Waals surface area contributed by atoms with E-state index in [-0.39, 0.29) is 5.91 Å². The van der Waals surface area contributed by atoms with Crippen LogP contribution in [-0.4, -0.2) is 40.2 Å². The van der Waals surface area contributed by atoms with Gasteiger partial charge in [0.05, 0.1) is 6.54 Å². The largest absolute Gasteiger partial charge is 0.369 e. The van der Waals surface area contributed by atoms with Crippen molar-refractivity contribution >= 4 is 5.91 Å². The highest BCUT2D eigenvalue weighted by Crippen LogP contribution is 2.07. The lowest BCUT2D eigenvalue weighted by Crippen LogP contribution is -2.38. The number of rotatable bonds is 8. The summed E-state index contributed by atoms with van der Waals surface area (Å²) in [4.78, 5) is 18.0. The fourth-order valence-electron chi connectivity index (χ4n) is 1.76. The second-order valence-corrected chi connectivity index (χ2v) is 4.30. The second-order valence-electron chi connectivity index (χ2n) is 4.30. The van der Waals surface area contributed by atoms with Gasteiger partial charge in [-0.1, -0.05) is 12.1 Å². The Balaban J connectivity index is 2.62. The third-order valence-corrected chi connectivity index (χ3v) is 2.76. The van der Waals surface area contributed by atoms with Crippen LogP contribution in [0.1, 0.15) is 45.8 Å². The minimum atomic E-state index is -0.438. The van der Waals surface area contributed by atoms with Crippen LogP contribution in [0.2, 0.25) is 0 Å². The van der Waals surface area contributed by atoms with E-state index in [2.05, 4.69) is 17.1 Å². The summed E-state index contributed by atoms with van der Waals surface area (Å²) in [5.41, 5.74) is 0. The molecule has 1 aromatic rings. The molecule has 1 amide bonds. The molecule has 108 valence electrons. The lowest BCUT2D eigenvalue weighted by molar-refractivity contribution is -0.142. The maximum absolute atomic E-state index is 12.1. The Bertz CT molecular complexity index is 392. The van der Waals surface area contributed by atoms with Gasteiger partial charge in [-0.05, 0) is 27.2 Å². The summed E-state index contributed by atoms with van der Waals surface area (Å²) >= 11 is 0. The monoisotopic (exact) mass is 269 g/mol. The smallest absolute Gasteiger partial charge is 0.251 e. The van der Waals surface area contributed by atoms with E-state index in [1.54, 1.807) is 11.8 Å². The van der Waals surface area contributed by atoms with Gasteiger partial charge in [-0.2, -0.15) is 4.98 Å². The molecule has 19 heavy (non-hydrogen) atoms. The zero-order valence-electron chi connectivity index (χ0n) is 12.2. The van der Waals surface area contributed by atoms with Crippen LogP contribution in [0.15, 0.2) is 4.52 Å². The van der Waals surface area contributed by atoms with Crippen LogP contribution >= 0.6 is 0 Å². The molecule has 0 aliphatic rings. The average molecular weight is 269 g/mol. The molecule has 0 fully saturated rings. The molecule has 0 aromatic carbocycles. The van der Waals surface area contributed by atoms with E-state index in [1.807, 2.05) is 13.8 Å². The molecular weight excluding hydrogens is 246 g/mol. The third kappa shape index (κ3) is 4.63. The van der Waals surface area contributed by atoms with Gasteiger partial charge in [0.25, 0.3) is 5.91 Å². The van der Waals surface area contributed by atoms with Crippen LogP contribution in [0.4, 0.5) is 0 Å².